The van der Waals surface area contributed by atoms with Gasteiger partial charge in [-0.3, -0.25) is 0 Å². The predicted molar refractivity (Wildman–Crippen MR) is 299 cm³/mol. The molecule has 0 aliphatic rings. The van der Waals surface area contributed by atoms with Gasteiger partial charge in [0.2, 0.25) is 0 Å². The van der Waals surface area contributed by atoms with E-state index in [1.165, 1.54) is 86.3 Å². The molecule has 0 aliphatic carbocycles. The molecule has 0 spiro atoms. The van der Waals surface area contributed by atoms with Gasteiger partial charge >= 0.3 is 0 Å². The summed E-state index contributed by atoms with van der Waals surface area (Å²) in [5.41, 5.74) is 12.8. The lowest BCUT2D eigenvalue weighted by molar-refractivity contribution is 1.12. The molecule has 0 aliphatic heterocycles. The Bertz CT molecular complexity index is 4110. The van der Waals surface area contributed by atoms with Crippen LogP contribution in [-0.4, -0.2) is 21.8 Å². The van der Waals surface area contributed by atoms with Crippen LogP contribution in [0.4, 0.5) is 0 Å². The Kier molecular flexibility index (Phi) is 9.23. The zero-order chi connectivity index (χ0) is 46.2. The minimum Gasteiger partial charge on any atom is -0.309 e. The fraction of sp³-hybridized carbons (Fsp3) is 0. The molecule has 70 heavy (non-hydrogen) atoms. The first-order valence-corrected chi connectivity index (χ1v) is 26.2. The van der Waals surface area contributed by atoms with Crippen LogP contribution in [0.25, 0.3) is 93.6 Å². The molecule has 3 aromatic heterocycles. The molecule has 14 rings (SSSR count). The Labute approximate surface area is 407 Å². The molecule has 0 amide bonds. The smallest absolute Gasteiger partial charge is 0.179 e. The number of hydrogen-bond donors (Lipinski definition) is 0. The average molecular weight is 908 g/mol. The standard InChI is InChI=1S/C66H45N3Si/c1-5-20-46(21-6-1)47-36-38-48(39-37-47)68-64-44-49(67-60-32-16-13-28-54(60)55-29-14-17-33-61(55)67)40-42-58(64)59-31-19-35-63(66(59)68)69-62-34-18-15-30-56(62)57-43-41-53(45-65(57)69)70(50-22-7-2-8-23-50,51-24-9-3-10-25-51)52-26-11-4-12-27-52/h1-45H. The first-order valence-electron chi connectivity index (χ1n) is 24.2. The van der Waals surface area contributed by atoms with E-state index in [2.05, 4.69) is 287 Å². The number of aromatic nitrogens is 3. The third kappa shape index (κ3) is 6.00. The summed E-state index contributed by atoms with van der Waals surface area (Å²) in [5, 5.41) is 12.8. The lowest BCUT2D eigenvalue weighted by Crippen LogP contribution is -2.74. The monoisotopic (exact) mass is 907 g/mol. The molecular weight excluding hydrogens is 863 g/mol. The van der Waals surface area contributed by atoms with Gasteiger partial charge in [-0.05, 0) is 86.5 Å². The van der Waals surface area contributed by atoms with E-state index in [0.29, 0.717) is 0 Å². The minimum absolute atomic E-state index is 1.11. The molecule has 0 saturated carbocycles. The molecule has 0 N–H and O–H groups in total. The first kappa shape index (κ1) is 40.1. The van der Waals surface area contributed by atoms with Gasteiger partial charge in [0.15, 0.2) is 8.07 Å². The molecule has 0 unspecified atom stereocenters. The molecule has 328 valence electrons. The number of para-hydroxylation sites is 4. The van der Waals surface area contributed by atoms with E-state index in [1.54, 1.807) is 0 Å². The third-order valence-electron chi connectivity index (χ3n) is 14.8. The molecule has 0 atom stereocenters. The highest BCUT2D eigenvalue weighted by Crippen LogP contribution is 2.41. The summed E-state index contributed by atoms with van der Waals surface area (Å²) in [5.74, 6) is 0. The summed E-state index contributed by atoms with van der Waals surface area (Å²) in [6, 6.07) is 101. The fourth-order valence-electron chi connectivity index (χ4n) is 11.8. The second-order valence-corrected chi connectivity index (χ2v) is 22.2. The van der Waals surface area contributed by atoms with Crippen molar-refractivity contribution in [2.45, 2.75) is 0 Å². The average Bonchev–Trinajstić information content (AvgIpc) is 4.08. The molecule has 3 nitrogen and oxygen atoms in total. The van der Waals surface area contributed by atoms with E-state index in [-0.39, 0.29) is 0 Å². The Morgan fingerprint density at radius 1 is 0.229 bits per heavy atom. The van der Waals surface area contributed by atoms with Crippen molar-refractivity contribution in [1.82, 2.24) is 13.7 Å². The molecule has 0 bridgehead atoms. The lowest BCUT2D eigenvalue weighted by Gasteiger charge is -2.34. The number of rotatable bonds is 8. The maximum atomic E-state index is 2.55. The van der Waals surface area contributed by atoms with Gasteiger partial charge < -0.3 is 13.7 Å². The van der Waals surface area contributed by atoms with Crippen molar-refractivity contribution < 1.29 is 0 Å². The Morgan fingerprint density at radius 2 is 0.643 bits per heavy atom. The molecule has 0 saturated heterocycles. The lowest BCUT2D eigenvalue weighted by atomic mass is 10.1. The molecule has 3 heterocycles. The van der Waals surface area contributed by atoms with Crippen LogP contribution in [0.1, 0.15) is 0 Å². The molecule has 11 aromatic carbocycles. The van der Waals surface area contributed by atoms with E-state index < -0.39 is 8.07 Å². The normalized spacial score (nSPS) is 12.0. The van der Waals surface area contributed by atoms with E-state index in [0.717, 1.165) is 28.1 Å². The quantitative estimate of drug-likeness (QED) is 0.107. The van der Waals surface area contributed by atoms with Gasteiger partial charge in [0, 0.05) is 43.7 Å². The molecule has 4 heteroatoms. The summed E-state index contributed by atoms with van der Waals surface area (Å²) < 4.78 is 7.51. The second-order valence-electron chi connectivity index (χ2n) is 18.4. The van der Waals surface area contributed by atoms with Gasteiger partial charge in [-0.25, -0.2) is 0 Å². The topological polar surface area (TPSA) is 14.8 Å². The Morgan fingerprint density at radius 3 is 1.21 bits per heavy atom. The van der Waals surface area contributed by atoms with Crippen molar-refractivity contribution in [2.24, 2.45) is 0 Å². The van der Waals surface area contributed by atoms with Gasteiger partial charge in [-0.1, -0.05) is 218 Å². The molecular formula is C66H45N3Si. The van der Waals surface area contributed by atoms with Crippen LogP contribution in [0.15, 0.2) is 273 Å². The highest BCUT2D eigenvalue weighted by molar-refractivity contribution is 7.20. The van der Waals surface area contributed by atoms with E-state index >= 15 is 0 Å². The minimum atomic E-state index is -2.86. The van der Waals surface area contributed by atoms with Crippen LogP contribution in [0.2, 0.25) is 0 Å². The van der Waals surface area contributed by atoms with Gasteiger partial charge in [0.25, 0.3) is 0 Å². The van der Waals surface area contributed by atoms with Gasteiger partial charge in [0.1, 0.15) is 0 Å². The van der Waals surface area contributed by atoms with Crippen molar-refractivity contribution in [3.05, 3.63) is 273 Å². The third-order valence-corrected chi connectivity index (χ3v) is 19.6. The molecule has 14 aromatic rings. The van der Waals surface area contributed by atoms with Crippen molar-refractivity contribution in [2.75, 3.05) is 0 Å². The van der Waals surface area contributed by atoms with Gasteiger partial charge in [0.05, 0.1) is 38.8 Å². The van der Waals surface area contributed by atoms with Gasteiger partial charge in [-0.2, -0.15) is 0 Å². The maximum Gasteiger partial charge on any atom is 0.179 e. The maximum absolute atomic E-state index is 2.86. The van der Waals surface area contributed by atoms with E-state index in [4.69, 9.17) is 0 Å². The number of hydrogen-bond acceptors (Lipinski definition) is 0. The van der Waals surface area contributed by atoms with Crippen molar-refractivity contribution in [3.8, 4) is 28.2 Å². The summed E-state index contributed by atoms with van der Waals surface area (Å²) in [6.45, 7) is 0. The number of benzene rings is 11. The van der Waals surface area contributed by atoms with Crippen molar-refractivity contribution in [3.63, 3.8) is 0 Å². The van der Waals surface area contributed by atoms with Gasteiger partial charge in [-0.15, -0.1) is 0 Å². The highest BCUT2D eigenvalue weighted by Gasteiger charge is 2.41. The molecule has 0 radical (unpaired) electrons. The van der Waals surface area contributed by atoms with Crippen LogP contribution < -0.4 is 20.7 Å². The number of nitrogens with zero attached hydrogens (tertiary/aromatic N) is 3. The summed E-state index contributed by atoms with van der Waals surface area (Å²) in [6.07, 6.45) is 0. The van der Waals surface area contributed by atoms with Crippen LogP contribution in [0.5, 0.6) is 0 Å². The second kappa shape index (κ2) is 16.1. The van der Waals surface area contributed by atoms with E-state index in [9.17, 15) is 0 Å². The van der Waals surface area contributed by atoms with Crippen molar-refractivity contribution in [1.29, 1.82) is 0 Å². The fourth-order valence-corrected chi connectivity index (χ4v) is 16.6. The highest BCUT2D eigenvalue weighted by atomic mass is 28.3. The number of fused-ring (bicyclic) bond motifs is 9. The van der Waals surface area contributed by atoms with Crippen molar-refractivity contribution >= 4 is 94.2 Å². The summed E-state index contributed by atoms with van der Waals surface area (Å²) in [4.78, 5) is 0. The van der Waals surface area contributed by atoms with Crippen LogP contribution in [-0.2, 0) is 0 Å². The largest absolute Gasteiger partial charge is 0.309 e. The predicted octanol–water partition coefficient (Wildman–Crippen LogP) is 14.0. The zero-order valence-corrected chi connectivity index (χ0v) is 39.3. The van der Waals surface area contributed by atoms with Crippen LogP contribution in [0, 0.1) is 0 Å². The van der Waals surface area contributed by atoms with E-state index in [1.807, 2.05) is 0 Å². The Hall–Kier alpha value is -8.96. The zero-order valence-electron chi connectivity index (χ0n) is 38.3. The SMILES string of the molecule is c1ccc(-c2ccc(-n3c4cc(-n5c6ccccc6c6ccccc65)ccc4c4cccc(-n5c6ccccc6c6ccc([Si](c7ccccc7)(c7ccccc7)c7ccccc7)cc65)c43)cc2)cc1. The van der Waals surface area contributed by atoms with Crippen LogP contribution >= 0.6 is 0 Å². The first-order chi connectivity index (χ1) is 34.8. The summed E-state index contributed by atoms with van der Waals surface area (Å²) >= 11 is 0. The summed E-state index contributed by atoms with van der Waals surface area (Å²) in [7, 11) is -2.86. The Balaban J connectivity index is 1.09. The van der Waals surface area contributed by atoms with Crippen LogP contribution in [0.3, 0.4) is 0 Å². The molecule has 0 fully saturated rings.